The van der Waals surface area contributed by atoms with Gasteiger partial charge in [-0.3, -0.25) is 10.1 Å². The fraction of sp³-hybridized carbons (Fsp3) is 0.727. The number of aryl methyl sites for hydroxylation is 1. The number of ether oxygens (including phenoxy) is 1. The second-order valence-electron chi connectivity index (χ2n) is 4.41. The fourth-order valence-electron chi connectivity index (χ4n) is 1.96. The average Bonchev–Trinajstić information content (AvgIpc) is 2.87. The smallest absolute Gasteiger partial charge is 0.233 e. The summed E-state index contributed by atoms with van der Waals surface area (Å²) in [7, 11) is 0. The van der Waals surface area contributed by atoms with Crippen LogP contribution in [0.2, 0.25) is 0 Å². The summed E-state index contributed by atoms with van der Waals surface area (Å²) in [4.78, 5) is 12.3. The number of aromatic nitrogens is 2. The van der Waals surface area contributed by atoms with E-state index in [1.165, 1.54) is 11.3 Å². The molecular formula is C11H19ClN4O2S. The van der Waals surface area contributed by atoms with E-state index in [-0.39, 0.29) is 18.3 Å². The Morgan fingerprint density at radius 1 is 1.47 bits per heavy atom. The number of carbonyl (C=O) groups is 1. The summed E-state index contributed by atoms with van der Waals surface area (Å²) in [6.07, 6.45) is 2.15. The molecule has 0 aliphatic carbocycles. The highest BCUT2D eigenvalue weighted by atomic mass is 35.5. The topological polar surface area (TPSA) is 90.1 Å². The third-order valence-electron chi connectivity index (χ3n) is 3.31. The van der Waals surface area contributed by atoms with Gasteiger partial charge in [-0.15, -0.1) is 22.6 Å². The first-order valence-electron chi connectivity index (χ1n) is 6.12. The zero-order valence-corrected chi connectivity index (χ0v) is 12.5. The van der Waals surface area contributed by atoms with Crippen LogP contribution >= 0.6 is 23.7 Å². The Bertz CT molecular complexity index is 421. The number of rotatable bonds is 4. The van der Waals surface area contributed by atoms with E-state index in [1.54, 1.807) is 0 Å². The van der Waals surface area contributed by atoms with Crippen LogP contribution in [-0.4, -0.2) is 35.9 Å². The van der Waals surface area contributed by atoms with Crippen molar-refractivity contribution in [1.29, 1.82) is 0 Å². The third kappa shape index (κ3) is 3.62. The standard InChI is InChI=1S/C11H18N4O2S.ClH/c1-2-8-14-15-10(18-8)13-9(16)11(7-12)3-5-17-6-4-11;/h2-7,12H2,1H3,(H,13,15,16);1H. The third-order valence-corrected chi connectivity index (χ3v) is 4.30. The zero-order chi connectivity index (χ0) is 13.0. The predicted octanol–water partition coefficient (Wildman–Crippen LogP) is 1.22. The van der Waals surface area contributed by atoms with E-state index in [1.807, 2.05) is 6.92 Å². The number of nitrogens with one attached hydrogen (secondary N) is 1. The van der Waals surface area contributed by atoms with Crippen molar-refractivity contribution in [3.8, 4) is 0 Å². The predicted molar refractivity (Wildman–Crippen MR) is 76.7 cm³/mol. The van der Waals surface area contributed by atoms with Crippen molar-refractivity contribution in [3.05, 3.63) is 5.01 Å². The monoisotopic (exact) mass is 306 g/mol. The Morgan fingerprint density at radius 3 is 2.68 bits per heavy atom. The Balaban J connectivity index is 0.00000180. The molecule has 3 N–H and O–H groups in total. The molecule has 0 bridgehead atoms. The van der Waals surface area contributed by atoms with Gasteiger partial charge >= 0.3 is 0 Å². The van der Waals surface area contributed by atoms with Crippen molar-refractivity contribution < 1.29 is 9.53 Å². The number of amides is 1. The van der Waals surface area contributed by atoms with Crippen LogP contribution < -0.4 is 11.1 Å². The Kier molecular flexibility index (Phi) is 6.12. The number of hydrogen-bond donors (Lipinski definition) is 2. The molecule has 1 fully saturated rings. The number of nitrogens with zero attached hydrogens (tertiary/aromatic N) is 2. The number of nitrogens with two attached hydrogens (primary N) is 1. The molecule has 0 unspecified atom stereocenters. The lowest BCUT2D eigenvalue weighted by Gasteiger charge is -2.34. The van der Waals surface area contributed by atoms with Crippen molar-refractivity contribution >= 4 is 34.8 Å². The SMILES string of the molecule is CCc1nnc(NC(=O)C2(CN)CCOCC2)s1.Cl. The summed E-state index contributed by atoms with van der Waals surface area (Å²) in [5, 5.41) is 12.2. The number of hydrogen-bond acceptors (Lipinski definition) is 6. The second-order valence-corrected chi connectivity index (χ2v) is 5.47. The van der Waals surface area contributed by atoms with Gasteiger partial charge in [0.1, 0.15) is 5.01 Å². The van der Waals surface area contributed by atoms with E-state index in [4.69, 9.17) is 10.5 Å². The molecule has 1 aromatic heterocycles. The van der Waals surface area contributed by atoms with Gasteiger partial charge in [0.15, 0.2) is 0 Å². The molecule has 0 aromatic carbocycles. The van der Waals surface area contributed by atoms with Gasteiger partial charge in [0.05, 0.1) is 5.41 Å². The van der Waals surface area contributed by atoms with Gasteiger partial charge in [-0.25, -0.2) is 0 Å². The van der Waals surface area contributed by atoms with Crippen LogP contribution in [0, 0.1) is 5.41 Å². The van der Waals surface area contributed by atoms with Crippen molar-refractivity contribution in [2.45, 2.75) is 26.2 Å². The van der Waals surface area contributed by atoms with Gasteiger partial charge in [0, 0.05) is 19.8 Å². The molecule has 19 heavy (non-hydrogen) atoms. The normalized spacial score (nSPS) is 17.6. The first-order chi connectivity index (χ1) is 8.70. The summed E-state index contributed by atoms with van der Waals surface area (Å²) >= 11 is 1.41. The Morgan fingerprint density at radius 2 is 2.16 bits per heavy atom. The molecule has 0 radical (unpaired) electrons. The van der Waals surface area contributed by atoms with Gasteiger partial charge < -0.3 is 10.5 Å². The quantitative estimate of drug-likeness (QED) is 0.873. The molecule has 0 spiro atoms. The zero-order valence-electron chi connectivity index (χ0n) is 10.8. The lowest BCUT2D eigenvalue weighted by molar-refractivity contribution is -0.130. The number of halogens is 1. The van der Waals surface area contributed by atoms with E-state index in [0.29, 0.717) is 37.7 Å². The fourth-order valence-corrected chi connectivity index (χ4v) is 2.64. The highest BCUT2D eigenvalue weighted by Gasteiger charge is 2.39. The molecule has 108 valence electrons. The molecule has 0 saturated carbocycles. The Hall–Kier alpha value is -0.760. The molecule has 2 heterocycles. The molecule has 1 aliphatic rings. The highest BCUT2D eigenvalue weighted by molar-refractivity contribution is 7.15. The van der Waals surface area contributed by atoms with E-state index in [0.717, 1.165) is 11.4 Å². The second kappa shape index (κ2) is 7.14. The van der Waals surface area contributed by atoms with Gasteiger partial charge in [-0.1, -0.05) is 18.3 Å². The Labute approximate surface area is 122 Å². The molecule has 1 aromatic rings. The van der Waals surface area contributed by atoms with Gasteiger partial charge in [-0.05, 0) is 19.3 Å². The highest BCUT2D eigenvalue weighted by Crippen LogP contribution is 2.31. The molecule has 1 aliphatic heterocycles. The average molecular weight is 307 g/mol. The molecule has 1 amide bonds. The van der Waals surface area contributed by atoms with E-state index >= 15 is 0 Å². The van der Waals surface area contributed by atoms with Crippen molar-refractivity contribution in [2.24, 2.45) is 11.1 Å². The minimum atomic E-state index is -0.518. The maximum atomic E-state index is 12.3. The van der Waals surface area contributed by atoms with Crippen LogP contribution in [0.5, 0.6) is 0 Å². The molecule has 8 heteroatoms. The molecule has 2 rings (SSSR count). The lowest BCUT2D eigenvalue weighted by atomic mass is 9.79. The number of anilines is 1. The first kappa shape index (κ1) is 16.3. The van der Waals surface area contributed by atoms with Crippen LogP contribution in [0.1, 0.15) is 24.8 Å². The van der Waals surface area contributed by atoms with Crippen LogP contribution in [-0.2, 0) is 16.0 Å². The van der Waals surface area contributed by atoms with E-state index in [9.17, 15) is 4.79 Å². The largest absolute Gasteiger partial charge is 0.381 e. The van der Waals surface area contributed by atoms with Crippen molar-refractivity contribution in [2.75, 3.05) is 25.1 Å². The summed E-state index contributed by atoms with van der Waals surface area (Å²) in [6, 6.07) is 0. The van der Waals surface area contributed by atoms with E-state index < -0.39 is 5.41 Å². The van der Waals surface area contributed by atoms with Crippen molar-refractivity contribution in [3.63, 3.8) is 0 Å². The maximum Gasteiger partial charge on any atom is 0.233 e. The van der Waals surface area contributed by atoms with Gasteiger partial charge in [-0.2, -0.15) is 0 Å². The van der Waals surface area contributed by atoms with Crippen LogP contribution in [0.4, 0.5) is 5.13 Å². The summed E-state index contributed by atoms with van der Waals surface area (Å²) < 4.78 is 5.29. The molecular weight excluding hydrogens is 288 g/mol. The van der Waals surface area contributed by atoms with Gasteiger partial charge in [0.2, 0.25) is 11.0 Å². The van der Waals surface area contributed by atoms with Gasteiger partial charge in [0.25, 0.3) is 0 Å². The van der Waals surface area contributed by atoms with Crippen LogP contribution in [0.15, 0.2) is 0 Å². The van der Waals surface area contributed by atoms with Crippen LogP contribution in [0.3, 0.4) is 0 Å². The molecule has 1 saturated heterocycles. The summed E-state index contributed by atoms with van der Waals surface area (Å²) in [5.41, 5.74) is 5.26. The van der Waals surface area contributed by atoms with Crippen LogP contribution in [0.25, 0.3) is 0 Å². The summed E-state index contributed by atoms with van der Waals surface area (Å²) in [6.45, 7) is 3.51. The molecule has 0 atom stereocenters. The molecule has 6 nitrogen and oxygen atoms in total. The lowest BCUT2D eigenvalue weighted by Crippen LogP contribution is -2.46. The van der Waals surface area contributed by atoms with Crippen molar-refractivity contribution in [1.82, 2.24) is 10.2 Å². The minimum Gasteiger partial charge on any atom is -0.381 e. The first-order valence-corrected chi connectivity index (χ1v) is 6.93. The number of carbonyl (C=O) groups excluding carboxylic acids is 1. The van der Waals surface area contributed by atoms with E-state index in [2.05, 4.69) is 15.5 Å². The summed E-state index contributed by atoms with van der Waals surface area (Å²) in [5.74, 6) is -0.0629. The minimum absolute atomic E-state index is 0. The maximum absolute atomic E-state index is 12.3.